The third kappa shape index (κ3) is 6.83. The van der Waals surface area contributed by atoms with Gasteiger partial charge in [0.15, 0.2) is 0 Å². The van der Waals surface area contributed by atoms with Gasteiger partial charge in [-0.1, -0.05) is 68.8 Å². The Morgan fingerprint density at radius 3 is 2.30 bits per heavy atom. The van der Waals surface area contributed by atoms with Crippen LogP contribution in [0, 0.1) is 12.8 Å². The van der Waals surface area contributed by atoms with Gasteiger partial charge in [0.25, 0.3) is 0 Å². The van der Waals surface area contributed by atoms with E-state index in [4.69, 9.17) is 5.10 Å². The summed E-state index contributed by atoms with van der Waals surface area (Å²) in [6, 6.07) is 26.4. The molecule has 1 saturated heterocycles. The summed E-state index contributed by atoms with van der Waals surface area (Å²) in [5, 5.41) is 11.5. The Balaban J connectivity index is 1.06. The largest absolute Gasteiger partial charge is 0.324 e. The van der Waals surface area contributed by atoms with Crippen molar-refractivity contribution >= 4 is 38.5 Å². The molecule has 0 atom stereocenters. The van der Waals surface area contributed by atoms with E-state index in [0.29, 0.717) is 36.0 Å². The van der Waals surface area contributed by atoms with Crippen LogP contribution < -0.4 is 10.6 Å². The van der Waals surface area contributed by atoms with Crippen LogP contribution in [0.15, 0.2) is 96.0 Å². The third-order valence-corrected chi connectivity index (χ3v) is 10.5. The van der Waals surface area contributed by atoms with Gasteiger partial charge in [0.05, 0.1) is 16.9 Å². The van der Waals surface area contributed by atoms with Crippen molar-refractivity contribution < 1.29 is 13.2 Å². The summed E-state index contributed by atoms with van der Waals surface area (Å²) < 4.78 is 30.3. The van der Waals surface area contributed by atoms with Gasteiger partial charge >= 0.3 is 6.03 Å². The second-order valence-electron chi connectivity index (χ2n) is 13.1. The number of piperidine rings is 1. The molecule has 0 aliphatic carbocycles. The first-order valence-corrected chi connectivity index (χ1v) is 17.1. The minimum Gasteiger partial charge on any atom is -0.308 e. The zero-order chi connectivity index (χ0) is 32.5. The van der Waals surface area contributed by atoms with E-state index in [1.54, 1.807) is 27.3 Å². The van der Waals surface area contributed by atoms with Crippen LogP contribution in [0.25, 0.3) is 16.6 Å². The van der Waals surface area contributed by atoms with Crippen LogP contribution >= 0.6 is 0 Å². The number of amides is 2. The summed E-state index contributed by atoms with van der Waals surface area (Å²) in [4.78, 5) is 17.7. The first kappa shape index (κ1) is 31.4. The molecule has 1 aliphatic rings. The molecule has 9 nitrogen and oxygen atoms in total. The topological polar surface area (TPSA) is 109 Å². The Hall–Kier alpha value is -4.54. The predicted octanol–water partition coefficient (Wildman–Crippen LogP) is 7.31. The fraction of sp³-hybridized carbons (Fsp3) is 0.306. The number of nitrogens with zero attached hydrogens (tertiary/aromatic N) is 4. The number of anilines is 2. The van der Waals surface area contributed by atoms with E-state index in [9.17, 15) is 13.2 Å². The normalized spacial score (nSPS) is 14.8. The molecule has 0 unspecified atom stereocenters. The number of pyridine rings is 1. The number of fused-ring (bicyclic) bond motifs is 1. The van der Waals surface area contributed by atoms with Gasteiger partial charge in [-0.15, -0.1) is 0 Å². The Bertz CT molecular complexity index is 1950. The van der Waals surface area contributed by atoms with Crippen molar-refractivity contribution in [1.29, 1.82) is 0 Å². The number of benzene rings is 3. The van der Waals surface area contributed by atoms with Gasteiger partial charge in [-0.3, -0.25) is 10.3 Å². The van der Waals surface area contributed by atoms with Gasteiger partial charge in [-0.25, -0.2) is 17.9 Å². The molecule has 0 bridgehead atoms. The predicted molar refractivity (Wildman–Crippen MR) is 183 cm³/mol. The molecule has 3 heterocycles. The first-order chi connectivity index (χ1) is 22.0. The maximum Gasteiger partial charge on any atom is 0.324 e. The Morgan fingerprint density at radius 1 is 0.913 bits per heavy atom. The van der Waals surface area contributed by atoms with Crippen LogP contribution in [0.1, 0.15) is 50.4 Å². The summed E-state index contributed by atoms with van der Waals surface area (Å²) in [5.74, 6) is 0.964. The van der Waals surface area contributed by atoms with Gasteiger partial charge in [0.2, 0.25) is 10.0 Å². The number of hydrogen-bond acceptors (Lipinski definition) is 5. The third-order valence-electron chi connectivity index (χ3n) is 8.52. The maximum atomic E-state index is 13.5. The monoisotopic (exact) mass is 636 g/mol. The average Bonchev–Trinajstić information content (AvgIpc) is 3.46. The van der Waals surface area contributed by atoms with Gasteiger partial charge in [0, 0.05) is 41.8 Å². The molecule has 46 heavy (non-hydrogen) atoms. The van der Waals surface area contributed by atoms with E-state index in [2.05, 4.69) is 36.4 Å². The van der Waals surface area contributed by atoms with E-state index in [1.807, 2.05) is 79.7 Å². The van der Waals surface area contributed by atoms with Crippen LogP contribution in [0.4, 0.5) is 16.3 Å². The SMILES string of the molecule is Cc1ccc(-n2nc(C(C)(C)C)cc2NC(=O)Nc2ccc(CC3CCN(S(=O)(=O)c4cccc5cccnc45)CC3)cc2)cc1. The number of aryl methyl sites for hydroxylation is 1. The van der Waals surface area contributed by atoms with Crippen molar-refractivity contribution in [3.63, 3.8) is 0 Å². The zero-order valence-electron chi connectivity index (χ0n) is 26.7. The summed E-state index contributed by atoms with van der Waals surface area (Å²) >= 11 is 0. The number of hydrogen-bond donors (Lipinski definition) is 2. The van der Waals surface area contributed by atoms with Crippen LogP contribution in [-0.4, -0.2) is 46.6 Å². The minimum atomic E-state index is -3.63. The van der Waals surface area contributed by atoms with Crippen molar-refractivity contribution in [2.75, 3.05) is 23.7 Å². The molecule has 2 aromatic heterocycles. The highest BCUT2D eigenvalue weighted by Crippen LogP contribution is 2.30. The van der Waals surface area contributed by atoms with E-state index in [0.717, 1.165) is 47.2 Å². The van der Waals surface area contributed by atoms with Crippen molar-refractivity contribution in [3.8, 4) is 5.69 Å². The number of aromatic nitrogens is 3. The highest BCUT2D eigenvalue weighted by Gasteiger charge is 2.31. The van der Waals surface area contributed by atoms with Crippen LogP contribution in [0.2, 0.25) is 0 Å². The molecule has 2 amide bonds. The molecule has 10 heteroatoms. The quantitative estimate of drug-likeness (QED) is 0.195. The van der Waals surface area contributed by atoms with Gasteiger partial charge < -0.3 is 5.32 Å². The fourth-order valence-corrected chi connectivity index (χ4v) is 7.47. The smallest absolute Gasteiger partial charge is 0.308 e. The lowest BCUT2D eigenvalue weighted by atomic mass is 9.91. The number of nitrogens with one attached hydrogen (secondary N) is 2. The first-order valence-electron chi connectivity index (χ1n) is 15.7. The van der Waals surface area contributed by atoms with Gasteiger partial charge in [0.1, 0.15) is 10.7 Å². The van der Waals surface area contributed by atoms with Crippen molar-refractivity contribution in [2.24, 2.45) is 5.92 Å². The highest BCUT2D eigenvalue weighted by atomic mass is 32.2. The van der Waals surface area contributed by atoms with Crippen molar-refractivity contribution in [2.45, 2.75) is 57.3 Å². The number of rotatable bonds is 7. The average molecular weight is 637 g/mol. The van der Waals surface area contributed by atoms with Crippen molar-refractivity contribution in [1.82, 2.24) is 19.1 Å². The van der Waals surface area contributed by atoms with E-state index < -0.39 is 10.0 Å². The molecule has 0 spiro atoms. The van der Waals surface area contributed by atoms with Crippen LogP contribution in [0.3, 0.4) is 0 Å². The molecular formula is C36H40N6O3S. The molecule has 0 radical (unpaired) electrons. The van der Waals surface area contributed by atoms with Gasteiger partial charge in [-0.2, -0.15) is 9.40 Å². The number of sulfonamides is 1. The molecule has 3 aromatic carbocycles. The van der Waals surface area contributed by atoms with Gasteiger partial charge in [-0.05, 0) is 74.1 Å². The maximum absolute atomic E-state index is 13.5. The highest BCUT2D eigenvalue weighted by molar-refractivity contribution is 7.89. The van der Waals surface area contributed by atoms with E-state index in [-0.39, 0.29) is 16.3 Å². The summed E-state index contributed by atoms with van der Waals surface area (Å²) in [6.07, 6.45) is 4.04. The molecular weight excluding hydrogens is 597 g/mol. The van der Waals surface area contributed by atoms with Crippen molar-refractivity contribution in [3.05, 3.63) is 108 Å². The van der Waals surface area contributed by atoms with Crippen LogP contribution in [-0.2, 0) is 21.9 Å². The number of para-hydroxylation sites is 1. The second-order valence-corrected chi connectivity index (χ2v) is 15.0. The lowest BCUT2D eigenvalue weighted by Crippen LogP contribution is -2.39. The zero-order valence-corrected chi connectivity index (χ0v) is 27.5. The minimum absolute atomic E-state index is 0.183. The summed E-state index contributed by atoms with van der Waals surface area (Å²) in [5.41, 5.74) is 5.06. The molecule has 1 fully saturated rings. The molecule has 5 aromatic rings. The number of urea groups is 1. The Morgan fingerprint density at radius 2 is 1.61 bits per heavy atom. The molecule has 238 valence electrons. The van der Waals surface area contributed by atoms with E-state index >= 15 is 0 Å². The molecule has 6 rings (SSSR count). The van der Waals surface area contributed by atoms with Crippen LogP contribution in [0.5, 0.6) is 0 Å². The molecule has 1 aliphatic heterocycles. The Kier molecular flexibility index (Phi) is 8.67. The standard InChI is InChI=1S/C36H40N6O3S/c1-25-10-16-30(17-11-25)42-33(24-32(40-42)36(2,3)4)39-35(43)38-29-14-12-26(13-15-29)23-27-18-21-41(22-19-27)46(44,45)31-9-5-7-28-8-6-20-37-34(28)31/h5-17,20,24,27H,18-19,21-23H2,1-4H3,(H2,38,39,43). The number of carbonyl (C=O) groups is 1. The fourth-order valence-electron chi connectivity index (χ4n) is 5.83. The molecule has 2 N–H and O–H groups in total. The Labute approximate surface area is 270 Å². The molecule has 0 saturated carbocycles. The number of carbonyl (C=O) groups excluding carboxylic acids is 1. The second kappa shape index (κ2) is 12.7. The lowest BCUT2D eigenvalue weighted by Gasteiger charge is -2.31. The summed E-state index contributed by atoms with van der Waals surface area (Å²) in [7, 11) is -3.63. The lowest BCUT2D eigenvalue weighted by molar-refractivity contribution is 0.262. The van der Waals surface area contributed by atoms with E-state index in [1.165, 1.54) is 0 Å². The summed E-state index contributed by atoms with van der Waals surface area (Å²) in [6.45, 7) is 9.27.